The van der Waals surface area contributed by atoms with E-state index in [2.05, 4.69) is 15.0 Å². The van der Waals surface area contributed by atoms with Gasteiger partial charge in [0, 0.05) is 30.6 Å². The molecule has 0 amide bonds. The van der Waals surface area contributed by atoms with E-state index in [-0.39, 0.29) is 6.42 Å². The molecule has 3 N–H and O–H groups in total. The van der Waals surface area contributed by atoms with Crippen LogP contribution < -0.4 is 5.73 Å². The minimum atomic E-state index is -0.830. The first-order valence-electron chi connectivity index (χ1n) is 7.45. The van der Waals surface area contributed by atoms with Crippen LogP contribution in [0.2, 0.25) is 0 Å². The lowest BCUT2D eigenvalue weighted by Crippen LogP contribution is -2.00. The summed E-state index contributed by atoms with van der Waals surface area (Å²) in [4.78, 5) is 23.0. The third kappa shape index (κ3) is 3.55. The first-order chi connectivity index (χ1) is 11.6. The van der Waals surface area contributed by atoms with Crippen molar-refractivity contribution in [2.24, 2.45) is 0 Å². The van der Waals surface area contributed by atoms with Crippen molar-refractivity contribution in [3.63, 3.8) is 0 Å². The zero-order chi connectivity index (χ0) is 16.9. The van der Waals surface area contributed by atoms with Crippen LogP contribution in [0.5, 0.6) is 0 Å². The minimum absolute atomic E-state index is 0.0578. The van der Waals surface area contributed by atoms with Gasteiger partial charge in [-0.3, -0.25) is 4.79 Å². The Bertz CT molecular complexity index is 866. The average Bonchev–Trinajstić information content (AvgIpc) is 2.60. The SMILES string of the molecule is Nc1cc(-c2ccc(-c3cncnc3)cc2CCC(=O)O)ccn1. The van der Waals surface area contributed by atoms with Crippen molar-refractivity contribution in [2.45, 2.75) is 12.8 Å². The number of aromatic nitrogens is 3. The minimum Gasteiger partial charge on any atom is -0.481 e. The summed E-state index contributed by atoms with van der Waals surface area (Å²) in [5.41, 5.74) is 10.4. The number of carboxylic acids is 1. The van der Waals surface area contributed by atoms with Crippen LogP contribution in [0.4, 0.5) is 5.82 Å². The van der Waals surface area contributed by atoms with Gasteiger partial charge < -0.3 is 10.8 Å². The fraction of sp³-hybridized carbons (Fsp3) is 0.111. The molecule has 2 aromatic heterocycles. The van der Waals surface area contributed by atoms with Gasteiger partial charge in [-0.25, -0.2) is 15.0 Å². The van der Waals surface area contributed by atoms with Crippen molar-refractivity contribution in [2.75, 3.05) is 5.73 Å². The van der Waals surface area contributed by atoms with Crippen LogP contribution in [0.15, 0.2) is 55.2 Å². The van der Waals surface area contributed by atoms with Gasteiger partial charge in [-0.05, 0) is 40.8 Å². The van der Waals surface area contributed by atoms with Crippen molar-refractivity contribution in [3.05, 3.63) is 60.8 Å². The van der Waals surface area contributed by atoms with Gasteiger partial charge in [-0.15, -0.1) is 0 Å². The zero-order valence-electron chi connectivity index (χ0n) is 12.9. The number of hydrogen-bond acceptors (Lipinski definition) is 5. The number of pyridine rings is 1. The molecule has 3 rings (SSSR count). The summed E-state index contributed by atoms with van der Waals surface area (Å²) in [6.45, 7) is 0. The maximum atomic E-state index is 11.0. The van der Waals surface area contributed by atoms with Crippen LogP contribution in [0.1, 0.15) is 12.0 Å². The number of aliphatic carboxylic acids is 1. The van der Waals surface area contributed by atoms with Gasteiger partial charge in [-0.1, -0.05) is 18.2 Å². The highest BCUT2D eigenvalue weighted by molar-refractivity contribution is 5.75. The highest BCUT2D eigenvalue weighted by Gasteiger charge is 2.10. The number of anilines is 1. The quantitative estimate of drug-likeness (QED) is 0.749. The van der Waals surface area contributed by atoms with Crippen LogP contribution in [0.25, 0.3) is 22.3 Å². The highest BCUT2D eigenvalue weighted by Crippen LogP contribution is 2.30. The van der Waals surface area contributed by atoms with Crippen LogP contribution >= 0.6 is 0 Å². The van der Waals surface area contributed by atoms with E-state index in [0.717, 1.165) is 27.8 Å². The number of rotatable bonds is 5. The van der Waals surface area contributed by atoms with Crippen LogP contribution in [-0.4, -0.2) is 26.0 Å². The van der Waals surface area contributed by atoms with E-state index in [0.29, 0.717) is 12.2 Å². The van der Waals surface area contributed by atoms with E-state index in [1.807, 2.05) is 24.3 Å². The molecule has 0 unspecified atom stereocenters. The molecule has 6 nitrogen and oxygen atoms in total. The average molecular weight is 320 g/mol. The van der Waals surface area contributed by atoms with Gasteiger partial charge in [-0.2, -0.15) is 0 Å². The number of aryl methyl sites for hydroxylation is 1. The van der Waals surface area contributed by atoms with Crippen molar-refractivity contribution >= 4 is 11.8 Å². The monoisotopic (exact) mass is 320 g/mol. The number of hydrogen-bond donors (Lipinski definition) is 2. The number of nitrogen functional groups attached to an aromatic ring is 1. The number of carbonyl (C=O) groups is 1. The Morgan fingerprint density at radius 2 is 1.83 bits per heavy atom. The number of benzene rings is 1. The van der Waals surface area contributed by atoms with Crippen LogP contribution in [0.3, 0.4) is 0 Å². The Kier molecular flexibility index (Phi) is 4.47. The van der Waals surface area contributed by atoms with E-state index in [4.69, 9.17) is 10.8 Å². The predicted octanol–water partition coefficient (Wildman–Crippen LogP) is 2.81. The van der Waals surface area contributed by atoms with Crippen molar-refractivity contribution in [1.29, 1.82) is 0 Å². The first kappa shape index (κ1) is 15.6. The molecular formula is C18H16N4O2. The number of nitrogens with zero attached hydrogens (tertiary/aromatic N) is 3. The molecule has 2 heterocycles. The Labute approximate surface area is 139 Å². The molecule has 0 aliphatic carbocycles. The molecule has 0 fully saturated rings. The maximum Gasteiger partial charge on any atom is 0.303 e. The predicted molar refractivity (Wildman–Crippen MR) is 91.1 cm³/mol. The topological polar surface area (TPSA) is 102 Å². The Hall–Kier alpha value is -3.28. The molecule has 0 spiro atoms. The van der Waals surface area contributed by atoms with Crippen molar-refractivity contribution in [3.8, 4) is 22.3 Å². The molecule has 120 valence electrons. The lowest BCUT2D eigenvalue weighted by atomic mass is 9.93. The third-order valence-corrected chi connectivity index (χ3v) is 3.70. The van der Waals surface area contributed by atoms with E-state index >= 15 is 0 Å². The van der Waals surface area contributed by atoms with Crippen LogP contribution in [-0.2, 0) is 11.2 Å². The molecule has 0 saturated carbocycles. The molecule has 0 aliphatic rings. The lowest BCUT2D eigenvalue weighted by Gasteiger charge is -2.12. The summed E-state index contributed by atoms with van der Waals surface area (Å²) in [5, 5.41) is 9.02. The molecule has 3 aromatic rings. The fourth-order valence-corrected chi connectivity index (χ4v) is 2.57. The molecule has 6 heteroatoms. The number of nitrogens with two attached hydrogens (primary N) is 1. The summed E-state index contributed by atoms with van der Waals surface area (Å²) in [6, 6.07) is 9.56. The molecule has 24 heavy (non-hydrogen) atoms. The van der Waals surface area contributed by atoms with Gasteiger partial charge >= 0.3 is 5.97 Å². The lowest BCUT2D eigenvalue weighted by molar-refractivity contribution is -0.136. The van der Waals surface area contributed by atoms with Gasteiger partial charge in [0.2, 0.25) is 0 Å². The highest BCUT2D eigenvalue weighted by atomic mass is 16.4. The second-order valence-corrected chi connectivity index (χ2v) is 5.36. The summed E-state index contributed by atoms with van der Waals surface area (Å²) >= 11 is 0. The van der Waals surface area contributed by atoms with Gasteiger partial charge in [0.15, 0.2) is 0 Å². The summed E-state index contributed by atoms with van der Waals surface area (Å²) in [5.74, 6) is -0.402. The molecule has 0 bridgehead atoms. The smallest absolute Gasteiger partial charge is 0.303 e. The molecule has 0 radical (unpaired) electrons. The van der Waals surface area contributed by atoms with Crippen molar-refractivity contribution < 1.29 is 9.90 Å². The second-order valence-electron chi connectivity index (χ2n) is 5.36. The largest absolute Gasteiger partial charge is 0.481 e. The fourth-order valence-electron chi connectivity index (χ4n) is 2.57. The first-order valence-corrected chi connectivity index (χ1v) is 7.45. The molecule has 1 aromatic carbocycles. The Balaban J connectivity index is 2.06. The Morgan fingerprint density at radius 3 is 2.54 bits per heavy atom. The van der Waals surface area contributed by atoms with E-state index in [9.17, 15) is 4.79 Å². The maximum absolute atomic E-state index is 11.0. The second kappa shape index (κ2) is 6.87. The third-order valence-electron chi connectivity index (χ3n) is 3.70. The molecular weight excluding hydrogens is 304 g/mol. The van der Waals surface area contributed by atoms with Crippen molar-refractivity contribution in [1.82, 2.24) is 15.0 Å². The number of carboxylic acid groups (broad SMARTS) is 1. The van der Waals surface area contributed by atoms with Gasteiger partial charge in [0.25, 0.3) is 0 Å². The normalized spacial score (nSPS) is 10.5. The van der Waals surface area contributed by atoms with E-state index < -0.39 is 5.97 Å². The van der Waals surface area contributed by atoms with E-state index in [1.54, 1.807) is 24.7 Å². The summed E-state index contributed by atoms with van der Waals surface area (Å²) in [6.07, 6.45) is 7.06. The summed E-state index contributed by atoms with van der Waals surface area (Å²) < 4.78 is 0. The van der Waals surface area contributed by atoms with Gasteiger partial charge in [0.05, 0.1) is 0 Å². The molecule has 0 atom stereocenters. The van der Waals surface area contributed by atoms with Gasteiger partial charge in [0.1, 0.15) is 12.1 Å². The van der Waals surface area contributed by atoms with E-state index in [1.165, 1.54) is 6.33 Å². The standard InChI is InChI=1S/C18H16N4O2/c19-17-8-14(5-6-22-17)16-3-1-12(15-9-20-11-21-10-15)7-13(16)2-4-18(23)24/h1,3,5-11H,2,4H2,(H2,19,22)(H,23,24). The van der Waals surface area contributed by atoms with Crippen LogP contribution in [0, 0.1) is 0 Å². The molecule has 0 saturated heterocycles. The zero-order valence-corrected chi connectivity index (χ0v) is 12.9. The Morgan fingerprint density at radius 1 is 1.04 bits per heavy atom. The molecule has 0 aliphatic heterocycles. The summed E-state index contributed by atoms with van der Waals surface area (Å²) in [7, 11) is 0.